The molecule has 0 aliphatic carbocycles. The van der Waals surface area contributed by atoms with Crippen LogP contribution < -0.4 is 9.64 Å². The van der Waals surface area contributed by atoms with Gasteiger partial charge < -0.3 is 9.64 Å². The summed E-state index contributed by atoms with van der Waals surface area (Å²) < 4.78 is 18.9. The van der Waals surface area contributed by atoms with Gasteiger partial charge in [-0.2, -0.15) is 0 Å². The van der Waals surface area contributed by atoms with Crippen LogP contribution in [0.5, 0.6) is 5.75 Å². The summed E-state index contributed by atoms with van der Waals surface area (Å²) in [5.74, 6) is 0.963. The number of hydrogen-bond acceptors (Lipinski definition) is 3. The van der Waals surface area contributed by atoms with E-state index in [0.717, 1.165) is 18.8 Å². The Labute approximate surface area is 126 Å². The fourth-order valence-electron chi connectivity index (χ4n) is 3.78. The van der Waals surface area contributed by atoms with Gasteiger partial charge in [0.25, 0.3) is 0 Å². The molecule has 2 saturated heterocycles. The van der Waals surface area contributed by atoms with E-state index in [4.69, 9.17) is 4.74 Å². The van der Waals surface area contributed by atoms with Gasteiger partial charge in [-0.25, -0.2) is 4.39 Å². The van der Waals surface area contributed by atoms with E-state index in [2.05, 4.69) is 23.6 Å². The first-order valence-corrected chi connectivity index (χ1v) is 7.94. The molecule has 0 N–H and O–H groups in total. The van der Waals surface area contributed by atoms with Gasteiger partial charge in [0, 0.05) is 31.2 Å². The quantitative estimate of drug-likeness (QED) is 0.851. The first kappa shape index (κ1) is 14.6. The van der Waals surface area contributed by atoms with Crippen molar-refractivity contribution in [1.29, 1.82) is 0 Å². The molecule has 21 heavy (non-hydrogen) atoms. The van der Waals surface area contributed by atoms with E-state index < -0.39 is 0 Å². The molecule has 2 unspecified atom stereocenters. The molecule has 2 fully saturated rings. The zero-order valence-corrected chi connectivity index (χ0v) is 13.2. The molecule has 1 aromatic carbocycles. The van der Waals surface area contributed by atoms with Crippen LogP contribution in [0.2, 0.25) is 0 Å². The Balaban J connectivity index is 1.94. The summed E-state index contributed by atoms with van der Waals surface area (Å²) in [6.45, 7) is 7.88. The summed E-state index contributed by atoms with van der Waals surface area (Å²) in [6, 6.07) is 5.99. The number of piperazine rings is 1. The zero-order chi connectivity index (χ0) is 15.0. The molecule has 0 aromatic heterocycles. The SMILES string of the molecule is COc1cc(F)ccc1N1CC2CCCN2CC1C(C)C. The van der Waals surface area contributed by atoms with Gasteiger partial charge in [0.05, 0.1) is 12.8 Å². The lowest BCUT2D eigenvalue weighted by Gasteiger charge is -2.47. The number of nitrogens with zero attached hydrogens (tertiary/aromatic N) is 2. The lowest BCUT2D eigenvalue weighted by Crippen LogP contribution is -2.58. The van der Waals surface area contributed by atoms with E-state index in [1.807, 2.05) is 6.07 Å². The van der Waals surface area contributed by atoms with Crippen LogP contribution in [0.15, 0.2) is 18.2 Å². The van der Waals surface area contributed by atoms with Crippen LogP contribution in [-0.4, -0.2) is 43.7 Å². The maximum absolute atomic E-state index is 13.5. The van der Waals surface area contributed by atoms with Crippen molar-refractivity contribution >= 4 is 5.69 Å². The van der Waals surface area contributed by atoms with Crippen molar-refractivity contribution in [2.24, 2.45) is 5.92 Å². The number of methoxy groups -OCH3 is 1. The van der Waals surface area contributed by atoms with Crippen LogP contribution in [0.4, 0.5) is 10.1 Å². The molecule has 2 heterocycles. The molecule has 0 amide bonds. The van der Waals surface area contributed by atoms with Crippen molar-refractivity contribution < 1.29 is 9.13 Å². The van der Waals surface area contributed by atoms with Crippen molar-refractivity contribution in [1.82, 2.24) is 4.90 Å². The van der Waals surface area contributed by atoms with Crippen molar-refractivity contribution in [3.63, 3.8) is 0 Å². The topological polar surface area (TPSA) is 15.7 Å². The van der Waals surface area contributed by atoms with Crippen LogP contribution in [-0.2, 0) is 0 Å². The lowest BCUT2D eigenvalue weighted by atomic mass is 9.96. The lowest BCUT2D eigenvalue weighted by molar-refractivity contribution is 0.176. The molecular formula is C17H25FN2O. The van der Waals surface area contributed by atoms with E-state index in [9.17, 15) is 4.39 Å². The second-order valence-electron chi connectivity index (χ2n) is 6.57. The minimum Gasteiger partial charge on any atom is -0.494 e. The molecule has 1 aromatic rings. The highest BCUT2D eigenvalue weighted by molar-refractivity contribution is 5.60. The predicted octanol–water partition coefficient (Wildman–Crippen LogP) is 3.14. The molecule has 4 heteroatoms. The fourth-order valence-corrected chi connectivity index (χ4v) is 3.78. The first-order chi connectivity index (χ1) is 10.1. The number of benzene rings is 1. The van der Waals surface area contributed by atoms with Gasteiger partial charge in [0.15, 0.2) is 0 Å². The summed E-state index contributed by atoms with van der Waals surface area (Å²) in [5, 5.41) is 0. The predicted molar refractivity (Wildman–Crippen MR) is 83.5 cm³/mol. The maximum Gasteiger partial charge on any atom is 0.145 e. The van der Waals surface area contributed by atoms with Crippen LogP contribution in [0.1, 0.15) is 26.7 Å². The molecule has 3 rings (SSSR count). The smallest absolute Gasteiger partial charge is 0.145 e. The van der Waals surface area contributed by atoms with Gasteiger partial charge in [-0.15, -0.1) is 0 Å². The number of rotatable bonds is 3. The van der Waals surface area contributed by atoms with E-state index in [-0.39, 0.29) is 5.82 Å². The van der Waals surface area contributed by atoms with Crippen molar-refractivity contribution in [3.05, 3.63) is 24.0 Å². The average molecular weight is 292 g/mol. The van der Waals surface area contributed by atoms with Crippen LogP contribution in [0.3, 0.4) is 0 Å². The summed E-state index contributed by atoms with van der Waals surface area (Å²) in [4.78, 5) is 5.06. The van der Waals surface area contributed by atoms with E-state index in [1.165, 1.54) is 31.5 Å². The van der Waals surface area contributed by atoms with Gasteiger partial charge in [0.1, 0.15) is 11.6 Å². The average Bonchev–Trinajstić information content (AvgIpc) is 2.93. The largest absolute Gasteiger partial charge is 0.494 e. The van der Waals surface area contributed by atoms with Crippen LogP contribution in [0.25, 0.3) is 0 Å². The molecule has 0 bridgehead atoms. The Morgan fingerprint density at radius 2 is 2.10 bits per heavy atom. The van der Waals surface area contributed by atoms with E-state index in [1.54, 1.807) is 7.11 Å². The Hall–Kier alpha value is -1.29. The highest BCUT2D eigenvalue weighted by atomic mass is 19.1. The molecule has 2 aliphatic rings. The summed E-state index contributed by atoms with van der Waals surface area (Å²) >= 11 is 0. The molecule has 116 valence electrons. The van der Waals surface area contributed by atoms with E-state index >= 15 is 0 Å². The first-order valence-electron chi connectivity index (χ1n) is 7.94. The van der Waals surface area contributed by atoms with Gasteiger partial charge in [-0.05, 0) is 37.4 Å². The maximum atomic E-state index is 13.5. The summed E-state index contributed by atoms with van der Waals surface area (Å²) in [5.41, 5.74) is 1.03. The third-order valence-electron chi connectivity index (χ3n) is 4.95. The normalized spacial score (nSPS) is 26.2. The molecule has 3 nitrogen and oxygen atoms in total. The van der Waals surface area contributed by atoms with Crippen molar-refractivity contribution in [3.8, 4) is 5.75 Å². The number of anilines is 1. The Bertz CT molecular complexity index is 506. The number of ether oxygens (including phenoxy) is 1. The second-order valence-corrected chi connectivity index (χ2v) is 6.57. The zero-order valence-electron chi connectivity index (χ0n) is 13.2. The Morgan fingerprint density at radius 1 is 1.29 bits per heavy atom. The van der Waals surface area contributed by atoms with Crippen LogP contribution >= 0.6 is 0 Å². The Kier molecular flexibility index (Phi) is 4.07. The molecule has 2 aliphatic heterocycles. The van der Waals surface area contributed by atoms with Gasteiger partial charge >= 0.3 is 0 Å². The van der Waals surface area contributed by atoms with E-state index in [0.29, 0.717) is 23.8 Å². The van der Waals surface area contributed by atoms with Crippen LogP contribution in [0, 0.1) is 11.7 Å². The number of hydrogen-bond donors (Lipinski definition) is 0. The second kappa shape index (κ2) is 5.84. The van der Waals surface area contributed by atoms with Gasteiger partial charge in [-0.3, -0.25) is 4.90 Å². The summed E-state index contributed by atoms with van der Waals surface area (Å²) in [6.07, 6.45) is 2.56. The minimum atomic E-state index is -0.240. The summed E-state index contributed by atoms with van der Waals surface area (Å²) in [7, 11) is 1.62. The highest BCUT2D eigenvalue weighted by Crippen LogP contribution is 2.36. The Morgan fingerprint density at radius 3 is 2.81 bits per heavy atom. The highest BCUT2D eigenvalue weighted by Gasteiger charge is 2.38. The fraction of sp³-hybridized carbons (Fsp3) is 0.647. The molecule has 0 saturated carbocycles. The number of fused-ring (bicyclic) bond motifs is 1. The third-order valence-corrected chi connectivity index (χ3v) is 4.95. The third kappa shape index (κ3) is 2.73. The van der Waals surface area contributed by atoms with Gasteiger partial charge in [0.2, 0.25) is 0 Å². The molecule has 0 spiro atoms. The monoisotopic (exact) mass is 292 g/mol. The number of halogens is 1. The molecule has 2 atom stereocenters. The van der Waals surface area contributed by atoms with Gasteiger partial charge in [-0.1, -0.05) is 13.8 Å². The molecular weight excluding hydrogens is 267 g/mol. The minimum absolute atomic E-state index is 0.240. The van der Waals surface area contributed by atoms with Crippen molar-refractivity contribution in [2.75, 3.05) is 31.6 Å². The molecule has 0 radical (unpaired) electrons. The standard InChI is InChI=1S/C17H25FN2O/c1-12(2)16-11-19-8-4-5-14(19)10-20(16)15-7-6-13(18)9-17(15)21-3/h6-7,9,12,14,16H,4-5,8,10-11H2,1-3H3. The van der Waals surface area contributed by atoms with Crippen molar-refractivity contribution in [2.45, 2.75) is 38.8 Å².